The second kappa shape index (κ2) is 10.7. The van der Waals surface area contributed by atoms with E-state index in [4.69, 9.17) is 19.9 Å². The first-order valence-corrected chi connectivity index (χ1v) is 12.4. The van der Waals surface area contributed by atoms with Crippen molar-refractivity contribution in [2.45, 2.75) is 62.4 Å². The van der Waals surface area contributed by atoms with Gasteiger partial charge >= 0.3 is 0 Å². The number of aliphatic hydroxyl groups is 3. The van der Waals surface area contributed by atoms with Crippen molar-refractivity contribution in [3.05, 3.63) is 51.6 Å². The molecule has 3 aliphatic rings. The predicted octanol–water partition coefficient (Wildman–Crippen LogP) is 0.423. The van der Waals surface area contributed by atoms with Crippen LogP contribution in [-0.4, -0.2) is 86.7 Å². The molecule has 1 aliphatic heterocycles. The summed E-state index contributed by atoms with van der Waals surface area (Å²) in [5, 5.41) is 53.7. The summed E-state index contributed by atoms with van der Waals surface area (Å²) in [6.07, 6.45) is -5.60. The molecule has 0 saturated carbocycles. The van der Waals surface area contributed by atoms with Gasteiger partial charge in [0, 0.05) is 42.0 Å². The molecule has 40 heavy (non-hydrogen) atoms. The molecule has 6 atom stereocenters. The molecule has 13 heteroatoms. The lowest BCUT2D eigenvalue weighted by atomic mass is 9.72. The number of ether oxygens (including phenoxy) is 3. The minimum atomic E-state index is -2.05. The van der Waals surface area contributed by atoms with Crippen LogP contribution in [-0.2, 0) is 20.7 Å². The van der Waals surface area contributed by atoms with Crippen LogP contribution in [0.1, 0.15) is 68.8 Å². The number of phenolic OH excluding ortho intramolecular Hbond substituents is 2. The highest BCUT2D eigenvalue weighted by Gasteiger charge is 2.49. The van der Waals surface area contributed by atoms with E-state index in [-0.39, 0.29) is 53.3 Å². The number of Topliss-reactive ketones (excluding diaryl/α,β-unsaturated/α-hetero) is 1. The molecule has 0 unspecified atom stereocenters. The van der Waals surface area contributed by atoms with Crippen LogP contribution in [0.5, 0.6) is 17.2 Å². The Bertz CT molecular complexity index is 1400. The number of aromatic hydroxyl groups is 2. The first kappa shape index (κ1) is 29.9. The molecular weight excluding hydrogens is 550 g/mol. The number of nitrogens with two attached hydrogens (primary N) is 1. The molecule has 0 spiro atoms. The van der Waals surface area contributed by atoms with Crippen molar-refractivity contribution < 1.29 is 54.1 Å². The standard InChI is InChI=1S/C27H29NO11.ClH/c1-10(30)27(36)7-12-19(15(8-27)38-17-6-13(28)24(33)16(9-29)39-17)26(35)21-20(23(12)32)22(31)11-4-3-5-14(37-2)18(11)25(21)34;/h3-5,13,15-17,24,29,32-33,35-36H,6-9,28H2,1-2H3;1H/t13-,15-,16-,17+,24+,27-;/m0./s1. The van der Waals surface area contributed by atoms with E-state index in [1.54, 1.807) is 0 Å². The van der Waals surface area contributed by atoms with Crippen LogP contribution in [0.4, 0.5) is 0 Å². The molecule has 1 fully saturated rings. The van der Waals surface area contributed by atoms with Crippen molar-refractivity contribution in [1.82, 2.24) is 0 Å². The van der Waals surface area contributed by atoms with Crippen molar-refractivity contribution >= 4 is 29.8 Å². The van der Waals surface area contributed by atoms with Crippen LogP contribution in [0.15, 0.2) is 18.2 Å². The first-order chi connectivity index (χ1) is 18.4. The van der Waals surface area contributed by atoms with Crippen molar-refractivity contribution in [3.8, 4) is 17.2 Å². The van der Waals surface area contributed by atoms with Crippen LogP contribution in [0.2, 0.25) is 0 Å². The Morgan fingerprint density at radius 3 is 2.45 bits per heavy atom. The Kier molecular flexibility index (Phi) is 8.00. The summed E-state index contributed by atoms with van der Waals surface area (Å²) < 4.78 is 16.9. The number of rotatable bonds is 5. The van der Waals surface area contributed by atoms with Gasteiger partial charge in [-0.2, -0.15) is 0 Å². The van der Waals surface area contributed by atoms with E-state index in [1.165, 1.54) is 25.3 Å². The Morgan fingerprint density at radius 2 is 1.82 bits per heavy atom. The number of aliphatic hydroxyl groups excluding tert-OH is 2. The summed E-state index contributed by atoms with van der Waals surface area (Å²) in [4.78, 5) is 39.6. The summed E-state index contributed by atoms with van der Waals surface area (Å²) in [7, 11) is 1.32. The largest absolute Gasteiger partial charge is 0.507 e. The summed E-state index contributed by atoms with van der Waals surface area (Å²) in [6.45, 7) is 0.588. The smallest absolute Gasteiger partial charge is 0.202 e. The van der Waals surface area contributed by atoms with Crippen molar-refractivity contribution in [2.24, 2.45) is 5.73 Å². The Balaban J connectivity index is 0.00000370. The number of phenols is 2. The number of halogens is 1. The highest BCUT2D eigenvalue weighted by atomic mass is 35.5. The van der Waals surface area contributed by atoms with Crippen molar-refractivity contribution in [2.75, 3.05) is 13.7 Å². The number of hydrogen-bond donors (Lipinski definition) is 6. The second-order valence-electron chi connectivity index (χ2n) is 10.2. The fraction of sp³-hybridized carbons (Fsp3) is 0.444. The Hall–Kier alpha value is -3.10. The minimum Gasteiger partial charge on any atom is -0.507 e. The maximum Gasteiger partial charge on any atom is 0.202 e. The topological polar surface area (TPSA) is 206 Å². The number of ketones is 3. The number of benzene rings is 2. The molecule has 1 heterocycles. The second-order valence-corrected chi connectivity index (χ2v) is 10.2. The van der Waals surface area contributed by atoms with Gasteiger partial charge in [-0.1, -0.05) is 12.1 Å². The molecule has 216 valence electrons. The molecule has 12 nitrogen and oxygen atoms in total. The summed E-state index contributed by atoms with van der Waals surface area (Å²) in [5.41, 5.74) is 2.67. The van der Waals surface area contributed by atoms with Gasteiger partial charge in [-0.05, 0) is 13.0 Å². The van der Waals surface area contributed by atoms with Gasteiger partial charge in [0.1, 0.15) is 29.0 Å². The van der Waals surface area contributed by atoms with E-state index in [0.717, 1.165) is 6.92 Å². The molecule has 2 aromatic carbocycles. The zero-order valence-corrected chi connectivity index (χ0v) is 22.4. The third-order valence-electron chi connectivity index (χ3n) is 7.84. The van der Waals surface area contributed by atoms with Crippen molar-refractivity contribution in [3.63, 3.8) is 0 Å². The normalized spacial score (nSPS) is 29.1. The molecular formula is C27H30ClNO11. The highest BCUT2D eigenvalue weighted by Crippen LogP contribution is 2.52. The first-order valence-electron chi connectivity index (χ1n) is 12.4. The lowest BCUT2D eigenvalue weighted by Crippen LogP contribution is -2.54. The van der Waals surface area contributed by atoms with Gasteiger partial charge in [0.05, 0.1) is 42.6 Å². The molecule has 2 aliphatic carbocycles. The molecule has 1 saturated heterocycles. The zero-order chi connectivity index (χ0) is 28.4. The van der Waals surface area contributed by atoms with Crippen LogP contribution < -0.4 is 10.5 Å². The van der Waals surface area contributed by atoms with Crippen molar-refractivity contribution in [1.29, 1.82) is 0 Å². The van der Waals surface area contributed by atoms with Crippen LogP contribution in [0.3, 0.4) is 0 Å². The number of hydrogen-bond acceptors (Lipinski definition) is 12. The van der Waals surface area contributed by atoms with E-state index in [0.29, 0.717) is 0 Å². The Labute approximate surface area is 234 Å². The van der Waals surface area contributed by atoms with E-state index < -0.39 is 89.2 Å². The average molecular weight is 580 g/mol. The SMILES string of the molecule is COc1cccc2c1C(=O)c1c(O)c3c(c(O)c1C2=O)C[C@@](O)(C(C)=O)C[C@@H]3O[C@H]1C[C@H](N)[C@@H](O)[C@H](CO)O1.Cl. The van der Waals surface area contributed by atoms with E-state index in [9.17, 15) is 39.9 Å². The molecule has 7 N–H and O–H groups in total. The monoisotopic (exact) mass is 579 g/mol. The number of carbonyl (C=O) groups excluding carboxylic acids is 3. The van der Waals surface area contributed by atoms with Gasteiger partial charge in [-0.3, -0.25) is 14.4 Å². The van der Waals surface area contributed by atoms with Gasteiger partial charge in [0.2, 0.25) is 5.78 Å². The molecule has 0 bridgehead atoms. The minimum absolute atomic E-state index is 0. The number of fused-ring (bicyclic) bond motifs is 3. The van der Waals surface area contributed by atoms with E-state index in [2.05, 4.69) is 0 Å². The summed E-state index contributed by atoms with van der Waals surface area (Å²) in [5.74, 6) is -3.38. The lowest BCUT2D eigenvalue weighted by Gasteiger charge is -2.42. The van der Waals surface area contributed by atoms with Crippen LogP contribution >= 0.6 is 12.4 Å². The van der Waals surface area contributed by atoms with E-state index in [1.807, 2.05) is 0 Å². The number of carbonyl (C=O) groups is 3. The van der Waals surface area contributed by atoms with Crippen LogP contribution in [0, 0.1) is 0 Å². The Morgan fingerprint density at radius 1 is 1.15 bits per heavy atom. The highest BCUT2D eigenvalue weighted by molar-refractivity contribution is 6.31. The van der Waals surface area contributed by atoms with Gasteiger partial charge in [-0.25, -0.2) is 0 Å². The van der Waals surface area contributed by atoms with Gasteiger partial charge in [-0.15, -0.1) is 12.4 Å². The average Bonchev–Trinajstić information content (AvgIpc) is 2.90. The fourth-order valence-electron chi connectivity index (χ4n) is 5.69. The lowest BCUT2D eigenvalue weighted by molar-refractivity contribution is -0.256. The van der Waals surface area contributed by atoms with Gasteiger partial charge in [0.25, 0.3) is 0 Å². The third-order valence-corrected chi connectivity index (χ3v) is 7.84. The molecule has 0 radical (unpaired) electrons. The molecule has 0 aromatic heterocycles. The molecule has 0 amide bonds. The third kappa shape index (κ3) is 4.45. The van der Waals surface area contributed by atoms with Gasteiger partial charge in [0.15, 0.2) is 17.9 Å². The predicted molar refractivity (Wildman–Crippen MR) is 139 cm³/mol. The molecule has 5 rings (SSSR count). The number of methoxy groups -OCH3 is 1. The maximum atomic E-state index is 13.6. The summed E-state index contributed by atoms with van der Waals surface area (Å²) >= 11 is 0. The van der Waals surface area contributed by atoms with Gasteiger partial charge < -0.3 is 45.5 Å². The van der Waals surface area contributed by atoms with E-state index >= 15 is 0 Å². The zero-order valence-electron chi connectivity index (χ0n) is 21.6. The van der Waals surface area contributed by atoms with Crippen LogP contribution in [0.25, 0.3) is 0 Å². The fourth-order valence-corrected chi connectivity index (χ4v) is 5.69. The maximum absolute atomic E-state index is 13.6. The quantitative estimate of drug-likeness (QED) is 0.227. The molecule has 2 aromatic rings. The summed E-state index contributed by atoms with van der Waals surface area (Å²) in [6, 6.07) is 3.54.